The maximum Gasteiger partial charge on any atom is 0.223 e. The molecule has 6 atom stereocenters. The predicted octanol–water partition coefficient (Wildman–Crippen LogP) is 12.9. The number of amides is 3. The number of halogens is 2. The minimum Gasteiger partial charge on any atom is -0.390 e. The SMILES string of the molecule is C.C.C=C(C)C[C@H]1CC(=O)N([C@@H](C)c2ccccc2)C1.CC(C)=C[C@H]1CC(=O)N([C@@H](C)c2ccccc2)C1.C[C@@H](c1ccccc1)N1C[C@@H](CC(C)(C)O)CC1=O.II. The van der Waals surface area contributed by atoms with Crippen molar-refractivity contribution in [3.05, 3.63) is 131 Å². The molecule has 1 N–H and O–H groups in total. The number of rotatable bonds is 11. The van der Waals surface area contributed by atoms with Crippen LogP contribution >= 0.6 is 37.2 Å². The number of nitrogens with zero attached hydrogens (tertiary/aromatic N) is 3. The first kappa shape index (κ1) is 54.0. The first-order valence-electron chi connectivity index (χ1n) is 20.2. The molecule has 0 radical (unpaired) electrons. The molecule has 9 heteroatoms. The average Bonchev–Trinajstić information content (AvgIpc) is 3.86. The molecule has 0 unspecified atom stereocenters. The van der Waals surface area contributed by atoms with Crippen molar-refractivity contribution in [1.82, 2.24) is 14.7 Å². The van der Waals surface area contributed by atoms with Gasteiger partial charge in [-0.2, -0.15) is 0 Å². The number of likely N-dealkylation sites (tertiary alicyclic amines) is 3. The van der Waals surface area contributed by atoms with Crippen molar-refractivity contribution in [1.29, 1.82) is 0 Å². The van der Waals surface area contributed by atoms with Gasteiger partial charge in [0.05, 0.1) is 23.7 Å². The predicted molar refractivity (Wildman–Crippen MR) is 265 cm³/mol. The summed E-state index contributed by atoms with van der Waals surface area (Å²) in [6.07, 6.45) is 5.74. The van der Waals surface area contributed by atoms with Crippen LogP contribution < -0.4 is 0 Å². The van der Waals surface area contributed by atoms with Crippen molar-refractivity contribution in [3.8, 4) is 0 Å². The number of hydrogen-bond acceptors (Lipinski definition) is 4. The standard InChI is InChI=1S/C16H23NO2.2C16H21NO.2CH4.I2/c1-12(14-7-5-4-6-8-14)17-11-13(9-15(17)18)10-16(2,3)19;2*1-12(2)9-14-10-16(18)17(11-14)13(3)15-7-5-4-6-8-15;;;1-2/h4-8,12-13,19H,9-11H2,1-3H3;4-9,13-14H,10-11H2,1-3H3;4-8,13-14H,1,9-11H2,2-3H3;2*1H4;/t12-,13+;2*13-,14-;;;/m000.../s1. The molecule has 0 spiro atoms. The number of carbonyl (C=O) groups excluding carboxylic acids is 3. The fourth-order valence-corrected chi connectivity index (χ4v) is 8.29. The molecular weight excluding hydrogens is 960 g/mol. The van der Waals surface area contributed by atoms with Crippen molar-refractivity contribution in [2.45, 2.75) is 126 Å². The zero-order chi connectivity index (χ0) is 42.3. The summed E-state index contributed by atoms with van der Waals surface area (Å²) in [7, 11) is 0. The largest absolute Gasteiger partial charge is 0.390 e. The van der Waals surface area contributed by atoms with Gasteiger partial charge in [-0.25, -0.2) is 0 Å². The summed E-state index contributed by atoms with van der Waals surface area (Å²) >= 11 is 4.24. The van der Waals surface area contributed by atoms with E-state index >= 15 is 0 Å². The third kappa shape index (κ3) is 17.5. The summed E-state index contributed by atoms with van der Waals surface area (Å²) in [6, 6.07) is 31.0. The molecule has 3 aromatic carbocycles. The molecule has 59 heavy (non-hydrogen) atoms. The van der Waals surface area contributed by atoms with Crippen LogP contribution in [0.5, 0.6) is 0 Å². The molecule has 7 nitrogen and oxygen atoms in total. The van der Waals surface area contributed by atoms with Gasteiger partial charge in [0.1, 0.15) is 0 Å². The first-order chi connectivity index (χ1) is 27.0. The van der Waals surface area contributed by atoms with Crippen LogP contribution in [0.3, 0.4) is 0 Å². The van der Waals surface area contributed by atoms with Crippen LogP contribution in [0.1, 0.15) is 137 Å². The molecular formula is C50H73I2N3O4. The van der Waals surface area contributed by atoms with Crippen LogP contribution in [0, 0.1) is 17.8 Å². The van der Waals surface area contributed by atoms with Gasteiger partial charge in [0, 0.05) is 82.0 Å². The van der Waals surface area contributed by atoms with Crippen LogP contribution in [-0.4, -0.2) is 62.8 Å². The number of benzene rings is 3. The fourth-order valence-electron chi connectivity index (χ4n) is 8.29. The second-order valence-corrected chi connectivity index (χ2v) is 16.9. The molecule has 6 rings (SSSR count). The molecule has 326 valence electrons. The molecule has 3 aromatic rings. The minimum absolute atomic E-state index is 0. The highest BCUT2D eigenvalue weighted by molar-refractivity contribution is 15.0. The monoisotopic (exact) mass is 1030 g/mol. The lowest BCUT2D eigenvalue weighted by atomic mass is 9.93. The highest BCUT2D eigenvalue weighted by Gasteiger charge is 2.36. The van der Waals surface area contributed by atoms with Crippen molar-refractivity contribution in [2.75, 3.05) is 19.6 Å². The molecule has 0 bridgehead atoms. The molecule has 3 heterocycles. The Kier molecular flexibility index (Phi) is 24.1. The summed E-state index contributed by atoms with van der Waals surface area (Å²) in [5.74, 6) is 1.84. The smallest absolute Gasteiger partial charge is 0.223 e. The van der Waals surface area contributed by atoms with E-state index in [1.807, 2.05) is 76.2 Å². The van der Waals surface area contributed by atoms with Gasteiger partial charge in [-0.3, -0.25) is 14.4 Å². The summed E-state index contributed by atoms with van der Waals surface area (Å²) in [4.78, 5) is 42.2. The number of aliphatic hydroxyl groups is 1. The van der Waals surface area contributed by atoms with E-state index < -0.39 is 5.60 Å². The third-order valence-electron chi connectivity index (χ3n) is 10.9. The highest BCUT2D eigenvalue weighted by atomic mass is 128. The summed E-state index contributed by atoms with van der Waals surface area (Å²) in [6.45, 7) is 22.5. The normalized spacial score (nSPS) is 19.9. The molecule has 0 aromatic heterocycles. The molecule has 3 amide bonds. The Bertz CT molecular complexity index is 1740. The molecule has 3 fully saturated rings. The van der Waals surface area contributed by atoms with Gasteiger partial charge in [0.2, 0.25) is 17.7 Å². The lowest BCUT2D eigenvalue weighted by Crippen LogP contribution is -2.29. The first-order valence-corrected chi connectivity index (χ1v) is 26.5. The Morgan fingerprint density at radius 3 is 1.36 bits per heavy atom. The van der Waals surface area contributed by atoms with Crippen LogP contribution in [0.15, 0.2) is 115 Å². The van der Waals surface area contributed by atoms with E-state index in [-0.39, 0.29) is 56.6 Å². The molecule has 3 aliphatic heterocycles. The van der Waals surface area contributed by atoms with Gasteiger partial charge in [-0.1, -0.05) is 123 Å². The lowest BCUT2D eigenvalue weighted by molar-refractivity contribution is -0.130. The number of allylic oxidation sites excluding steroid dienone is 2. The number of hydrogen-bond donors (Lipinski definition) is 1. The Morgan fingerprint density at radius 1 is 0.661 bits per heavy atom. The van der Waals surface area contributed by atoms with Gasteiger partial charge < -0.3 is 19.8 Å². The van der Waals surface area contributed by atoms with Gasteiger partial charge in [0.15, 0.2) is 0 Å². The summed E-state index contributed by atoms with van der Waals surface area (Å²) in [5.41, 5.74) is 5.35. The van der Waals surface area contributed by atoms with Crippen LogP contribution in [0.25, 0.3) is 0 Å². The summed E-state index contributed by atoms with van der Waals surface area (Å²) in [5, 5.41) is 9.88. The third-order valence-corrected chi connectivity index (χ3v) is 10.9. The zero-order valence-corrected chi connectivity index (χ0v) is 39.7. The van der Waals surface area contributed by atoms with Gasteiger partial charge in [0.25, 0.3) is 0 Å². The summed E-state index contributed by atoms with van der Waals surface area (Å²) < 4.78 is 0. The molecule has 0 saturated carbocycles. The van der Waals surface area contributed by atoms with Crippen LogP contribution in [0.4, 0.5) is 0 Å². The van der Waals surface area contributed by atoms with Gasteiger partial charge >= 0.3 is 0 Å². The topological polar surface area (TPSA) is 81.2 Å². The Balaban J connectivity index is 0.000000426. The van der Waals surface area contributed by atoms with Crippen molar-refractivity contribution >= 4 is 55.0 Å². The van der Waals surface area contributed by atoms with Crippen molar-refractivity contribution in [3.63, 3.8) is 0 Å². The van der Waals surface area contributed by atoms with E-state index in [1.165, 1.54) is 27.8 Å². The van der Waals surface area contributed by atoms with E-state index in [9.17, 15) is 19.5 Å². The van der Waals surface area contributed by atoms with E-state index in [4.69, 9.17) is 0 Å². The molecule has 3 saturated heterocycles. The highest BCUT2D eigenvalue weighted by Crippen LogP contribution is 2.33. The second-order valence-electron chi connectivity index (χ2n) is 16.9. The van der Waals surface area contributed by atoms with Gasteiger partial charge in [-0.15, -0.1) is 6.58 Å². The van der Waals surface area contributed by atoms with Crippen LogP contribution in [0.2, 0.25) is 0 Å². The van der Waals surface area contributed by atoms with Crippen molar-refractivity contribution < 1.29 is 19.5 Å². The zero-order valence-electron chi connectivity index (χ0n) is 35.3. The Labute approximate surface area is 381 Å². The van der Waals surface area contributed by atoms with E-state index in [0.717, 1.165) is 26.1 Å². The second kappa shape index (κ2) is 26.3. The maximum atomic E-state index is 12.1. The van der Waals surface area contributed by atoms with E-state index in [0.29, 0.717) is 37.5 Å². The van der Waals surface area contributed by atoms with Crippen molar-refractivity contribution in [2.24, 2.45) is 17.8 Å². The van der Waals surface area contributed by atoms with Crippen LogP contribution in [-0.2, 0) is 14.4 Å². The van der Waals surface area contributed by atoms with E-state index in [2.05, 4.69) is 121 Å². The van der Waals surface area contributed by atoms with E-state index in [1.54, 1.807) is 13.8 Å². The molecule has 0 aliphatic carbocycles. The van der Waals surface area contributed by atoms with Gasteiger partial charge in [-0.05, 0) is 96.8 Å². The lowest BCUT2D eigenvalue weighted by Gasteiger charge is -2.26. The maximum absolute atomic E-state index is 12.1. The minimum atomic E-state index is -0.697. The molecule has 3 aliphatic rings. The Hall–Kier alpha value is -3.03. The quantitative estimate of drug-likeness (QED) is 0.153. The fraction of sp³-hybridized carbons (Fsp3) is 0.500. The number of carbonyl (C=O) groups is 3. The Morgan fingerprint density at radius 2 is 1.00 bits per heavy atom. The average molecular weight is 1030 g/mol.